The van der Waals surface area contributed by atoms with Gasteiger partial charge in [-0.15, -0.1) is 0 Å². The van der Waals surface area contributed by atoms with Crippen molar-refractivity contribution in [2.24, 2.45) is 5.41 Å². The third-order valence-corrected chi connectivity index (χ3v) is 3.01. The molecule has 1 N–H and O–H groups in total. The molecule has 17 heavy (non-hydrogen) atoms. The minimum Gasteiger partial charge on any atom is -0.313 e. The Morgan fingerprint density at radius 3 is 2.53 bits per heavy atom. The molecule has 0 saturated carbocycles. The summed E-state index contributed by atoms with van der Waals surface area (Å²) in [6.45, 7) is 9.84. The second-order valence-electron chi connectivity index (χ2n) is 5.71. The maximum absolute atomic E-state index is 13.1. The predicted molar refractivity (Wildman–Crippen MR) is 71.6 cm³/mol. The van der Waals surface area contributed by atoms with E-state index in [1.54, 1.807) is 12.1 Å². The summed E-state index contributed by atoms with van der Waals surface area (Å²) in [5.41, 5.74) is 1.25. The highest BCUT2D eigenvalue weighted by Gasteiger charge is 2.23. The lowest BCUT2D eigenvalue weighted by Gasteiger charge is -2.32. The summed E-state index contributed by atoms with van der Waals surface area (Å²) in [6.07, 6.45) is 2.00. The summed E-state index contributed by atoms with van der Waals surface area (Å²) in [5, 5.41) is 3.55. The van der Waals surface area contributed by atoms with E-state index in [2.05, 4.69) is 33.0 Å². The summed E-state index contributed by atoms with van der Waals surface area (Å²) >= 11 is 0. The van der Waals surface area contributed by atoms with Crippen molar-refractivity contribution in [3.05, 3.63) is 35.6 Å². The molecule has 0 heterocycles. The molecule has 0 radical (unpaired) electrons. The lowest BCUT2D eigenvalue weighted by molar-refractivity contribution is 0.266. The van der Waals surface area contributed by atoms with E-state index in [0.29, 0.717) is 6.04 Å². The monoisotopic (exact) mass is 237 g/mol. The topological polar surface area (TPSA) is 12.0 Å². The zero-order valence-electron chi connectivity index (χ0n) is 11.4. The van der Waals surface area contributed by atoms with Gasteiger partial charge in [0.05, 0.1) is 0 Å². The fourth-order valence-electron chi connectivity index (χ4n) is 1.90. The van der Waals surface area contributed by atoms with Gasteiger partial charge in [-0.05, 0) is 42.5 Å². The summed E-state index contributed by atoms with van der Waals surface area (Å²) in [4.78, 5) is 0. The minimum absolute atomic E-state index is 0.148. The lowest BCUT2D eigenvalue weighted by Crippen LogP contribution is -2.42. The third kappa shape index (κ3) is 4.86. The van der Waals surface area contributed by atoms with Gasteiger partial charge in [-0.2, -0.15) is 0 Å². The van der Waals surface area contributed by atoms with E-state index in [1.165, 1.54) is 6.07 Å². The molecule has 1 aromatic carbocycles. The molecule has 1 unspecified atom stereocenters. The zero-order valence-corrected chi connectivity index (χ0v) is 11.4. The molecular weight excluding hydrogens is 213 g/mol. The highest BCUT2D eigenvalue weighted by molar-refractivity contribution is 5.18. The largest absolute Gasteiger partial charge is 0.313 e. The van der Waals surface area contributed by atoms with Crippen LogP contribution in [-0.4, -0.2) is 12.6 Å². The number of nitrogens with one attached hydrogen (secondary N) is 1. The third-order valence-electron chi connectivity index (χ3n) is 3.01. The fourth-order valence-corrected chi connectivity index (χ4v) is 1.90. The van der Waals surface area contributed by atoms with Crippen molar-refractivity contribution >= 4 is 0 Å². The van der Waals surface area contributed by atoms with Crippen molar-refractivity contribution in [3.63, 3.8) is 0 Å². The van der Waals surface area contributed by atoms with E-state index < -0.39 is 0 Å². The Balaban J connectivity index is 2.72. The van der Waals surface area contributed by atoms with Gasteiger partial charge in [0.15, 0.2) is 0 Å². The number of hydrogen-bond acceptors (Lipinski definition) is 1. The number of rotatable bonds is 5. The Morgan fingerprint density at radius 1 is 1.29 bits per heavy atom. The van der Waals surface area contributed by atoms with Gasteiger partial charge in [0, 0.05) is 6.04 Å². The van der Waals surface area contributed by atoms with Crippen LogP contribution >= 0.6 is 0 Å². The first kappa shape index (κ1) is 14.2. The molecule has 96 valence electrons. The van der Waals surface area contributed by atoms with Crippen LogP contribution in [0.15, 0.2) is 24.3 Å². The Hall–Kier alpha value is -0.890. The molecule has 1 atom stereocenters. The Morgan fingerprint density at radius 2 is 2.00 bits per heavy atom. The first-order valence-corrected chi connectivity index (χ1v) is 6.41. The van der Waals surface area contributed by atoms with Gasteiger partial charge >= 0.3 is 0 Å². The van der Waals surface area contributed by atoms with E-state index in [0.717, 1.165) is 24.9 Å². The quantitative estimate of drug-likeness (QED) is 0.821. The summed E-state index contributed by atoms with van der Waals surface area (Å²) in [7, 11) is 0. The molecule has 2 heteroatoms. The maximum atomic E-state index is 13.1. The zero-order chi connectivity index (χ0) is 12.9. The van der Waals surface area contributed by atoms with Gasteiger partial charge in [0.25, 0.3) is 0 Å². The number of benzene rings is 1. The second-order valence-corrected chi connectivity index (χ2v) is 5.71. The molecule has 0 spiro atoms. The molecule has 1 aromatic rings. The van der Waals surface area contributed by atoms with Crippen molar-refractivity contribution in [2.75, 3.05) is 6.54 Å². The predicted octanol–water partition coefficient (Wildman–Crippen LogP) is 3.78. The molecule has 0 aliphatic rings. The summed E-state index contributed by atoms with van der Waals surface area (Å²) < 4.78 is 13.1. The molecule has 0 saturated heterocycles. The average Bonchev–Trinajstić information content (AvgIpc) is 2.22. The lowest BCUT2D eigenvalue weighted by atomic mass is 9.83. The van der Waals surface area contributed by atoms with Crippen LogP contribution in [0, 0.1) is 11.2 Å². The van der Waals surface area contributed by atoms with Crippen molar-refractivity contribution in [2.45, 2.75) is 46.6 Å². The van der Waals surface area contributed by atoms with E-state index in [-0.39, 0.29) is 11.2 Å². The number of hydrogen-bond donors (Lipinski definition) is 1. The van der Waals surface area contributed by atoms with Crippen LogP contribution in [0.3, 0.4) is 0 Å². The van der Waals surface area contributed by atoms with Gasteiger partial charge in [0.1, 0.15) is 5.82 Å². The van der Waals surface area contributed by atoms with Gasteiger partial charge in [0.2, 0.25) is 0 Å². The van der Waals surface area contributed by atoms with Crippen molar-refractivity contribution in [1.29, 1.82) is 0 Å². The van der Waals surface area contributed by atoms with Crippen LogP contribution in [0.5, 0.6) is 0 Å². The smallest absolute Gasteiger partial charge is 0.123 e. The van der Waals surface area contributed by atoms with Crippen LogP contribution in [0.1, 0.15) is 39.7 Å². The molecule has 0 aliphatic carbocycles. The fraction of sp³-hybridized carbons (Fsp3) is 0.600. The molecule has 0 amide bonds. The highest BCUT2D eigenvalue weighted by atomic mass is 19.1. The normalized spacial score (nSPS) is 13.7. The highest BCUT2D eigenvalue weighted by Crippen LogP contribution is 2.23. The first-order chi connectivity index (χ1) is 7.93. The molecular formula is C15H24FN. The van der Waals surface area contributed by atoms with E-state index in [1.807, 2.05) is 6.07 Å². The van der Waals surface area contributed by atoms with Gasteiger partial charge < -0.3 is 5.32 Å². The summed E-state index contributed by atoms with van der Waals surface area (Å²) in [5.74, 6) is -0.148. The van der Waals surface area contributed by atoms with Crippen LogP contribution in [0.4, 0.5) is 4.39 Å². The Bertz CT molecular complexity index is 341. The SMILES string of the molecule is CCCNC(Cc1cccc(F)c1)C(C)(C)C. The van der Waals surface area contributed by atoms with Crippen LogP contribution in [0.2, 0.25) is 0 Å². The maximum Gasteiger partial charge on any atom is 0.123 e. The van der Waals surface area contributed by atoms with Crippen LogP contribution in [-0.2, 0) is 6.42 Å². The van der Waals surface area contributed by atoms with Gasteiger partial charge in [-0.3, -0.25) is 0 Å². The van der Waals surface area contributed by atoms with Crippen molar-refractivity contribution in [1.82, 2.24) is 5.32 Å². The van der Waals surface area contributed by atoms with E-state index >= 15 is 0 Å². The number of halogens is 1. The average molecular weight is 237 g/mol. The minimum atomic E-state index is -0.148. The van der Waals surface area contributed by atoms with Crippen molar-refractivity contribution in [3.8, 4) is 0 Å². The molecule has 1 rings (SSSR count). The van der Waals surface area contributed by atoms with Crippen LogP contribution < -0.4 is 5.32 Å². The molecule has 0 bridgehead atoms. The second kappa shape index (κ2) is 6.15. The van der Waals surface area contributed by atoms with Gasteiger partial charge in [-0.1, -0.05) is 39.8 Å². The van der Waals surface area contributed by atoms with E-state index in [4.69, 9.17) is 0 Å². The first-order valence-electron chi connectivity index (χ1n) is 6.41. The molecule has 0 aromatic heterocycles. The molecule has 0 fully saturated rings. The van der Waals surface area contributed by atoms with Crippen molar-refractivity contribution < 1.29 is 4.39 Å². The van der Waals surface area contributed by atoms with Gasteiger partial charge in [-0.25, -0.2) is 4.39 Å². The van der Waals surface area contributed by atoms with E-state index in [9.17, 15) is 4.39 Å². The Labute approximate surface area is 104 Å². The Kier molecular flexibility index (Phi) is 5.13. The standard InChI is InChI=1S/C15H24FN/c1-5-9-17-14(15(2,3)4)11-12-7-6-8-13(16)10-12/h6-8,10,14,17H,5,9,11H2,1-4H3. The summed E-state index contributed by atoms with van der Waals surface area (Å²) in [6, 6.07) is 7.28. The van der Waals surface area contributed by atoms with Crippen LogP contribution in [0.25, 0.3) is 0 Å². The molecule has 0 aliphatic heterocycles. The molecule has 1 nitrogen and oxygen atoms in total.